The van der Waals surface area contributed by atoms with E-state index in [1.807, 2.05) is 13.1 Å². The first-order valence-corrected chi connectivity index (χ1v) is 6.06. The molecule has 2 heteroatoms. The molecule has 0 amide bonds. The minimum Gasteiger partial charge on any atom is -0.467 e. The molecule has 90 valence electrons. The first-order valence-electron chi connectivity index (χ1n) is 6.06. The van der Waals surface area contributed by atoms with Crippen molar-refractivity contribution in [1.82, 2.24) is 5.32 Å². The summed E-state index contributed by atoms with van der Waals surface area (Å²) >= 11 is 0. The minimum absolute atomic E-state index is 0.135. The van der Waals surface area contributed by atoms with Crippen LogP contribution in [0.2, 0.25) is 0 Å². The largest absolute Gasteiger partial charge is 0.467 e. The highest BCUT2D eigenvalue weighted by Crippen LogP contribution is 2.25. The van der Waals surface area contributed by atoms with E-state index in [0.29, 0.717) is 0 Å². The van der Waals surface area contributed by atoms with Crippen LogP contribution in [0.5, 0.6) is 0 Å². The van der Waals surface area contributed by atoms with E-state index in [1.165, 1.54) is 16.7 Å². The van der Waals surface area contributed by atoms with E-state index in [1.54, 1.807) is 6.26 Å². The lowest BCUT2D eigenvalue weighted by atomic mass is 10.0. The van der Waals surface area contributed by atoms with Crippen molar-refractivity contribution in [3.63, 3.8) is 0 Å². The van der Waals surface area contributed by atoms with E-state index >= 15 is 0 Å². The molecule has 0 aliphatic rings. The lowest BCUT2D eigenvalue weighted by Gasteiger charge is -2.15. The summed E-state index contributed by atoms with van der Waals surface area (Å²) < 4.78 is 5.57. The molecule has 2 aromatic rings. The molecule has 0 spiro atoms. The van der Waals surface area contributed by atoms with Crippen LogP contribution in [-0.2, 0) is 6.42 Å². The SMILES string of the molecule is CCc1ccc(C(NC)c2occc2C)cc1. The molecule has 0 fully saturated rings. The summed E-state index contributed by atoms with van der Waals surface area (Å²) in [4.78, 5) is 0. The van der Waals surface area contributed by atoms with Gasteiger partial charge in [-0.25, -0.2) is 0 Å². The van der Waals surface area contributed by atoms with Gasteiger partial charge in [-0.1, -0.05) is 31.2 Å². The van der Waals surface area contributed by atoms with Crippen molar-refractivity contribution in [3.05, 3.63) is 59.0 Å². The molecule has 2 rings (SSSR count). The van der Waals surface area contributed by atoms with Crippen LogP contribution in [0.4, 0.5) is 0 Å². The van der Waals surface area contributed by atoms with Crippen molar-refractivity contribution in [1.29, 1.82) is 0 Å². The van der Waals surface area contributed by atoms with E-state index in [-0.39, 0.29) is 6.04 Å². The summed E-state index contributed by atoms with van der Waals surface area (Å²) in [6.07, 6.45) is 2.82. The van der Waals surface area contributed by atoms with Crippen LogP contribution in [0.1, 0.15) is 35.4 Å². The number of aryl methyl sites for hydroxylation is 2. The van der Waals surface area contributed by atoms with Crippen molar-refractivity contribution in [2.24, 2.45) is 0 Å². The Kier molecular flexibility index (Phi) is 3.64. The van der Waals surface area contributed by atoms with Gasteiger partial charge in [0.15, 0.2) is 0 Å². The Hall–Kier alpha value is -1.54. The fourth-order valence-corrected chi connectivity index (χ4v) is 2.08. The number of benzene rings is 1. The fourth-order valence-electron chi connectivity index (χ4n) is 2.08. The summed E-state index contributed by atoms with van der Waals surface area (Å²) in [5, 5.41) is 3.31. The average molecular weight is 229 g/mol. The van der Waals surface area contributed by atoms with Crippen LogP contribution < -0.4 is 5.32 Å². The first kappa shape index (κ1) is 11.9. The number of furan rings is 1. The predicted molar refractivity (Wildman–Crippen MR) is 70.2 cm³/mol. The standard InChI is InChI=1S/C15H19NO/c1-4-12-5-7-13(8-6-12)14(16-3)15-11(2)9-10-17-15/h5-10,14,16H,4H2,1-3H3. The number of rotatable bonds is 4. The molecule has 17 heavy (non-hydrogen) atoms. The minimum atomic E-state index is 0.135. The van der Waals surface area contributed by atoms with Gasteiger partial charge in [-0.2, -0.15) is 0 Å². The van der Waals surface area contributed by atoms with Crippen molar-refractivity contribution in [2.75, 3.05) is 7.05 Å². The third-order valence-electron chi connectivity index (χ3n) is 3.17. The molecule has 0 radical (unpaired) electrons. The lowest BCUT2D eigenvalue weighted by Crippen LogP contribution is -2.17. The maximum Gasteiger partial charge on any atom is 0.128 e. The van der Waals surface area contributed by atoms with Gasteiger partial charge >= 0.3 is 0 Å². The van der Waals surface area contributed by atoms with Gasteiger partial charge in [-0.15, -0.1) is 0 Å². The van der Waals surface area contributed by atoms with E-state index in [9.17, 15) is 0 Å². The van der Waals surface area contributed by atoms with Gasteiger partial charge in [0.25, 0.3) is 0 Å². The van der Waals surface area contributed by atoms with Gasteiger partial charge in [-0.05, 0) is 43.1 Å². The van der Waals surface area contributed by atoms with Gasteiger partial charge in [0.05, 0.1) is 12.3 Å². The molecule has 1 atom stereocenters. The molecule has 1 aromatic heterocycles. The van der Waals surface area contributed by atoms with Crippen molar-refractivity contribution in [2.45, 2.75) is 26.3 Å². The second-order valence-corrected chi connectivity index (χ2v) is 4.28. The number of hydrogen-bond donors (Lipinski definition) is 1. The van der Waals surface area contributed by atoms with E-state index < -0.39 is 0 Å². The Balaban J connectivity index is 2.32. The predicted octanol–water partition coefficient (Wildman–Crippen LogP) is 3.46. The van der Waals surface area contributed by atoms with Gasteiger partial charge in [0, 0.05) is 0 Å². The van der Waals surface area contributed by atoms with Crippen LogP contribution in [-0.4, -0.2) is 7.05 Å². The molecule has 0 bridgehead atoms. The normalized spacial score (nSPS) is 12.6. The summed E-state index contributed by atoms with van der Waals surface area (Å²) in [6, 6.07) is 10.8. The smallest absolute Gasteiger partial charge is 0.128 e. The van der Waals surface area contributed by atoms with Gasteiger partial charge in [0.2, 0.25) is 0 Å². The molecule has 1 heterocycles. The Bertz CT molecular complexity index is 470. The summed E-state index contributed by atoms with van der Waals surface area (Å²) in [5.41, 5.74) is 3.78. The molecule has 1 unspecified atom stereocenters. The van der Waals surface area contributed by atoms with Crippen molar-refractivity contribution >= 4 is 0 Å². The van der Waals surface area contributed by atoms with E-state index in [0.717, 1.165) is 12.2 Å². The van der Waals surface area contributed by atoms with Crippen LogP contribution in [0, 0.1) is 6.92 Å². The van der Waals surface area contributed by atoms with Crippen molar-refractivity contribution in [3.8, 4) is 0 Å². The Morgan fingerprint density at radius 2 is 1.88 bits per heavy atom. The Labute approximate surface area is 103 Å². The van der Waals surface area contributed by atoms with Crippen LogP contribution >= 0.6 is 0 Å². The third kappa shape index (κ3) is 2.42. The molecule has 0 saturated carbocycles. The first-order chi connectivity index (χ1) is 8.26. The highest BCUT2D eigenvalue weighted by molar-refractivity contribution is 5.32. The molecule has 2 nitrogen and oxygen atoms in total. The second-order valence-electron chi connectivity index (χ2n) is 4.28. The topological polar surface area (TPSA) is 25.2 Å². The second kappa shape index (κ2) is 5.19. The van der Waals surface area contributed by atoms with E-state index in [2.05, 4.69) is 43.4 Å². The van der Waals surface area contributed by atoms with Gasteiger partial charge < -0.3 is 9.73 Å². The third-order valence-corrected chi connectivity index (χ3v) is 3.17. The van der Waals surface area contributed by atoms with E-state index in [4.69, 9.17) is 4.42 Å². The maximum atomic E-state index is 5.57. The monoisotopic (exact) mass is 229 g/mol. The van der Waals surface area contributed by atoms with Gasteiger partial charge in [-0.3, -0.25) is 0 Å². The molecular weight excluding hydrogens is 210 g/mol. The Morgan fingerprint density at radius 1 is 1.18 bits per heavy atom. The summed E-state index contributed by atoms with van der Waals surface area (Å²) in [7, 11) is 1.96. The number of nitrogens with one attached hydrogen (secondary N) is 1. The Morgan fingerprint density at radius 3 is 2.35 bits per heavy atom. The van der Waals surface area contributed by atoms with Gasteiger partial charge in [0.1, 0.15) is 5.76 Å². The lowest BCUT2D eigenvalue weighted by molar-refractivity contribution is 0.460. The molecule has 1 N–H and O–H groups in total. The van der Waals surface area contributed by atoms with Crippen LogP contribution in [0.25, 0.3) is 0 Å². The van der Waals surface area contributed by atoms with Crippen molar-refractivity contribution < 1.29 is 4.42 Å². The average Bonchev–Trinajstić information content (AvgIpc) is 2.78. The zero-order valence-electron chi connectivity index (χ0n) is 10.7. The zero-order chi connectivity index (χ0) is 12.3. The van der Waals surface area contributed by atoms with Crippen LogP contribution in [0.3, 0.4) is 0 Å². The maximum absolute atomic E-state index is 5.57. The quantitative estimate of drug-likeness (QED) is 0.868. The molecule has 0 saturated heterocycles. The zero-order valence-corrected chi connectivity index (χ0v) is 10.7. The fraction of sp³-hybridized carbons (Fsp3) is 0.333. The summed E-state index contributed by atoms with van der Waals surface area (Å²) in [6.45, 7) is 4.24. The highest BCUT2D eigenvalue weighted by Gasteiger charge is 2.16. The molecule has 1 aromatic carbocycles. The highest BCUT2D eigenvalue weighted by atomic mass is 16.3. The molecule has 0 aliphatic carbocycles. The number of hydrogen-bond acceptors (Lipinski definition) is 2. The van der Waals surface area contributed by atoms with Crippen LogP contribution in [0.15, 0.2) is 41.0 Å². The molecular formula is C15H19NO. The summed E-state index contributed by atoms with van der Waals surface area (Å²) in [5.74, 6) is 0.997. The molecule has 0 aliphatic heterocycles.